The molecule has 0 aliphatic carbocycles. The average molecular weight is 257 g/mol. The van der Waals surface area contributed by atoms with Crippen molar-refractivity contribution in [3.05, 3.63) is 64.0 Å². The molecule has 0 bridgehead atoms. The molecule has 2 rings (SSSR count). The van der Waals surface area contributed by atoms with Crippen LogP contribution < -0.4 is 5.32 Å². The van der Waals surface area contributed by atoms with Crippen LogP contribution >= 0.6 is 0 Å². The lowest BCUT2D eigenvalue weighted by Gasteiger charge is -2.15. The predicted octanol–water partition coefficient (Wildman–Crippen LogP) is 3.47. The van der Waals surface area contributed by atoms with Crippen molar-refractivity contribution in [1.82, 2.24) is 4.98 Å². The number of pyridine rings is 1. The quantitative estimate of drug-likeness (QED) is 0.672. The third kappa shape index (κ3) is 3.07. The number of aromatic nitrogens is 1. The molecule has 1 unspecified atom stereocenters. The Morgan fingerprint density at radius 2 is 2.16 bits per heavy atom. The molecule has 0 saturated carbocycles. The van der Waals surface area contributed by atoms with Crippen LogP contribution in [0.1, 0.15) is 24.1 Å². The average Bonchev–Trinajstić information content (AvgIpc) is 2.41. The van der Waals surface area contributed by atoms with Crippen molar-refractivity contribution in [3.8, 4) is 0 Å². The number of anilines is 1. The number of hydrogen-bond donors (Lipinski definition) is 1. The zero-order valence-electron chi connectivity index (χ0n) is 10.8. The Morgan fingerprint density at radius 3 is 2.79 bits per heavy atom. The largest absolute Gasteiger partial charge is 0.373 e. The summed E-state index contributed by atoms with van der Waals surface area (Å²) in [6.45, 7) is 3.78. The minimum absolute atomic E-state index is 0.0462. The summed E-state index contributed by atoms with van der Waals surface area (Å²) in [5.41, 5.74) is 2.46. The van der Waals surface area contributed by atoms with Crippen LogP contribution in [0.3, 0.4) is 0 Å². The van der Waals surface area contributed by atoms with E-state index in [4.69, 9.17) is 0 Å². The smallest absolute Gasteiger partial charge is 0.292 e. The second kappa shape index (κ2) is 5.48. The molecule has 1 N–H and O–H groups in total. The Morgan fingerprint density at radius 1 is 1.37 bits per heavy atom. The van der Waals surface area contributed by atoms with Crippen molar-refractivity contribution in [2.45, 2.75) is 19.9 Å². The van der Waals surface area contributed by atoms with Crippen LogP contribution in [0.4, 0.5) is 11.4 Å². The Hall–Kier alpha value is -2.43. The van der Waals surface area contributed by atoms with Gasteiger partial charge in [0, 0.05) is 18.5 Å². The van der Waals surface area contributed by atoms with Gasteiger partial charge in [0.25, 0.3) is 5.69 Å². The van der Waals surface area contributed by atoms with E-state index in [9.17, 15) is 10.1 Å². The first-order chi connectivity index (χ1) is 9.08. The number of rotatable bonds is 4. The molecule has 0 saturated heterocycles. The van der Waals surface area contributed by atoms with Gasteiger partial charge in [0.05, 0.1) is 11.0 Å². The summed E-state index contributed by atoms with van der Waals surface area (Å²) in [4.78, 5) is 14.7. The normalized spacial score (nSPS) is 11.9. The SMILES string of the molecule is Cc1ccc(NC(C)c2cccnc2)c([N+](=O)[O-])c1. The van der Waals surface area contributed by atoms with Gasteiger partial charge in [-0.25, -0.2) is 0 Å². The summed E-state index contributed by atoms with van der Waals surface area (Å²) in [5, 5.41) is 14.2. The van der Waals surface area contributed by atoms with Gasteiger partial charge in [-0.1, -0.05) is 12.1 Å². The summed E-state index contributed by atoms with van der Waals surface area (Å²) in [5.74, 6) is 0. The number of nitro groups is 1. The highest BCUT2D eigenvalue weighted by molar-refractivity contribution is 5.63. The molecule has 98 valence electrons. The molecule has 0 radical (unpaired) electrons. The van der Waals surface area contributed by atoms with Gasteiger partial charge in [0.1, 0.15) is 5.69 Å². The van der Waals surface area contributed by atoms with E-state index in [0.29, 0.717) is 5.69 Å². The zero-order chi connectivity index (χ0) is 13.8. The topological polar surface area (TPSA) is 68.1 Å². The minimum Gasteiger partial charge on any atom is -0.373 e. The summed E-state index contributed by atoms with van der Waals surface area (Å²) >= 11 is 0. The molecule has 0 aliphatic heterocycles. The number of benzene rings is 1. The van der Waals surface area contributed by atoms with Crippen molar-refractivity contribution in [1.29, 1.82) is 0 Å². The van der Waals surface area contributed by atoms with E-state index in [-0.39, 0.29) is 16.7 Å². The molecule has 1 aromatic carbocycles. The molecule has 5 nitrogen and oxygen atoms in total. The number of hydrogen-bond acceptors (Lipinski definition) is 4. The number of nitro benzene ring substituents is 1. The van der Waals surface area contributed by atoms with Gasteiger partial charge >= 0.3 is 0 Å². The molecule has 0 spiro atoms. The van der Waals surface area contributed by atoms with Crippen LogP contribution in [0.15, 0.2) is 42.7 Å². The fourth-order valence-corrected chi connectivity index (χ4v) is 1.86. The maximum absolute atomic E-state index is 11.0. The van der Waals surface area contributed by atoms with Crippen LogP contribution in [0.25, 0.3) is 0 Å². The van der Waals surface area contributed by atoms with Gasteiger partial charge in [-0.05, 0) is 37.1 Å². The van der Waals surface area contributed by atoms with Crippen molar-refractivity contribution < 1.29 is 4.92 Å². The minimum atomic E-state index is -0.370. The van der Waals surface area contributed by atoms with Crippen molar-refractivity contribution in [2.75, 3.05) is 5.32 Å². The first-order valence-electron chi connectivity index (χ1n) is 5.99. The summed E-state index contributed by atoms with van der Waals surface area (Å²) in [6.07, 6.45) is 3.45. The first-order valence-corrected chi connectivity index (χ1v) is 5.99. The Balaban J connectivity index is 2.26. The fourth-order valence-electron chi connectivity index (χ4n) is 1.86. The van der Waals surface area contributed by atoms with E-state index < -0.39 is 0 Å². The maximum Gasteiger partial charge on any atom is 0.292 e. The molecule has 1 aromatic heterocycles. The summed E-state index contributed by atoms with van der Waals surface area (Å²) in [6, 6.07) is 8.89. The van der Waals surface area contributed by atoms with Gasteiger partial charge in [-0.15, -0.1) is 0 Å². The number of nitrogens with zero attached hydrogens (tertiary/aromatic N) is 2. The van der Waals surface area contributed by atoms with Crippen molar-refractivity contribution >= 4 is 11.4 Å². The highest BCUT2D eigenvalue weighted by atomic mass is 16.6. The molecule has 0 aliphatic rings. The predicted molar refractivity (Wildman–Crippen MR) is 74.1 cm³/mol. The molecule has 2 aromatic rings. The lowest BCUT2D eigenvalue weighted by atomic mass is 10.1. The van der Waals surface area contributed by atoms with Crippen LogP contribution in [-0.4, -0.2) is 9.91 Å². The van der Waals surface area contributed by atoms with E-state index in [1.165, 1.54) is 0 Å². The van der Waals surface area contributed by atoms with Crippen LogP contribution in [0.2, 0.25) is 0 Å². The van der Waals surface area contributed by atoms with Crippen molar-refractivity contribution in [2.24, 2.45) is 0 Å². The second-order valence-electron chi connectivity index (χ2n) is 4.43. The number of aryl methyl sites for hydroxylation is 1. The van der Waals surface area contributed by atoms with E-state index in [0.717, 1.165) is 11.1 Å². The summed E-state index contributed by atoms with van der Waals surface area (Å²) in [7, 11) is 0. The molecule has 1 atom stereocenters. The van der Waals surface area contributed by atoms with E-state index in [1.807, 2.05) is 32.0 Å². The van der Waals surface area contributed by atoms with Crippen LogP contribution in [0, 0.1) is 17.0 Å². The molecule has 19 heavy (non-hydrogen) atoms. The Kier molecular flexibility index (Phi) is 3.75. The van der Waals surface area contributed by atoms with E-state index in [1.54, 1.807) is 24.5 Å². The fraction of sp³-hybridized carbons (Fsp3) is 0.214. The standard InChI is InChI=1S/C14H15N3O2/c1-10-5-6-13(14(8-10)17(18)19)16-11(2)12-4-3-7-15-9-12/h3-9,11,16H,1-2H3. The lowest BCUT2D eigenvalue weighted by molar-refractivity contribution is -0.384. The van der Waals surface area contributed by atoms with Crippen molar-refractivity contribution in [3.63, 3.8) is 0 Å². The van der Waals surface area contributed by atoms with Crippen LogP contribution in [0.5, 0.6) is 0 Å². The van der Waals surface area contributed by atoms with Gasteiger partial charge in [0.2, 0.25) is 0 Å². The molecular formula is C14H15N3O2. The van der Waals surface area contributed by atoms with Gasteiger partial charge in [0.15, 0.2) is 0 Å². The van der Waals surface area contributed by atoms with E-state index >= 15 is 0 Å². The summed E-state index contributed by atoms with van der Waals surface area (Å²) < 4.78 is 0. The van der Waals surface area contributed by atoms with E-state index in [2.05, 4.69) is 10.3 Å². The zero-order valence-corrected chi connectivity index (χ0v) is 10.8. The number of nitrogens with one attached hydrogen (secondary N) is 1. The molecule has 5 heteroatoms. The molecule has 0 amide bonds. The Bertz CT molecular complexity index is 584. The first kappa shape index (κ1) is 13.0. The monoisotopic (exact) mass is 257 g/mol. The lowest BCUT2D eigenvalue weighted by Crippen LogP contribution is -2.08. The van der Waals surface area contributed by atoms with Gasteiger partial charge in [-0.3, -0.25) is 15.1 Å². The molecule has 0 fully saturated rings. The highest BCUT2D eigenvalue weighted by Gasteiger charge is 2.16. The van der Waals surface area contributed by atoms with Gasteiger partial charge in [-0.2, -0.15) is 0 Å². The second-order valence-corrected chi connectivity index (χ2v) is 4.43. The molecule has 1 heterocycles. The Labute approximate surface area is 111 Å². The third-order valence-electron chi connectivity index (χ3n) is 2.91. The van der Waals surface area contributed by atoms with Crippen LogP contribution in [-0.2, 0) is 0 Å². The van der Waals surface area contributed by atoms with Gasteiger partial charge < -0.3 is 5.32 Å². The maximum atomic E-state index is 11.0. The highest BCUT2D eigenvalue weighted by Crippen LogP contribution is 2.28. The third-order valence-corrected chi connectivity index (χ3v) is 2.91. The molecular weight excluding hydrogens is 242 g/mol.